The lowest BCUT2D eigenvalue weighted by Gasteiger charge is -2.27. The highest BCUT2D eigenvalue weighted by Gasteiger charge is 2.16. The zero-order valence-electron chi connectivity index (χ0n) is 9.42. The van der Waals surface area contributed by atoms with Crippen LogP contribution in [0.25, 0.3) is 0 Å². The molecule has 0 aromatic carbocycles. The lowest BCUT2D eigenvalue weighted by molar-refractivity contribution is 0.234. The number of piperidine rings is 1. The van der Waals surface area contributed by atoms with Crippen LogP contribution >= 0.6 is 0 Å². The van der Waals surface area contributed by atoms with Crippen LogP contribution in [0.4, 0.5) is 0 Å². The molecule has 3 atom stereocenters. The molecule has 1 aliphatic heterocycles. The molecule has 84 valence electrons. The standard InChI is InChI=1S/C11H24N2O/c1-9(13-10(2)8-14)7-11-5-3-4-6-12-11/h9-14H,3-8H2,1-2H3. The fourth-order valence-corrected chi connectivity index (χ4v) is 2.16. The van der Waals surface area contributed by atoms with Gasteiger partial charge in [0, 0.05) is 18.1 Å². The summed E-state index contributed by atoms with van der Waals surface area (Å²) in [6, 6.07) is 1.39. The first-order valence-electron chi connectivity index (χ1n) is 5.82. The maximum absolute atomic E-state index is 8.91. The predicted octanol–water partition coefficient (Wildman–Crippen LogP) is 0.877. The number of aliphatic hydroxyl groups is 1. The van der Waals surface area contributed by atoms with Gasteiger partial charge >= 0.3 is 0 Å². The average Bonchev–Trinajstić information content (AvgIpc) is 2.19. The van der Waals surface area contributed by atoms with Crippen LogP contribution < -0.4 is 10.6 Å². The van der Waals surface area contributed by atoms with Gasteiger partial charge in [-0.2, -0.15) is 0 Å². The number of hydrogen-bond acceptors (Lipinski definition) is 3. The van der Waals surface area contributed by atoms with Crippen LogP contribution in [0.5, 0.6) is 0 Å². The molecule has 3 nitrogen and oxygen atoms in total. The van der Waals surface area contributed by atoms with Crippen LogP contribution in [0.1, 0.15) is 39.5 Å². The van der Waals surface area contributed by atoms with E-state index in [0.717, 1.165) is 0 Å². The van der Waals surface area contributed by atoms with E-state index in [1.807, 2.05) is 6.92 Å². The summed E-state index contributed by atoms with van der Waals surface area (Å²) in [5.41, 5.74) is 0. The van der Waals surface area contributed by atoms with E-state index >= 15 is 0 Å². The van der Waals surface area contributed by atoms with Gasteiger partial charge in [-0.25, -0.2) is 0 Å². The summed E-state index contributed by atoms with van der Waals surface area (Å²) in [7, 11) is 0. The SMILES string of the molecule is CC(CO)NC(C)CC1CCCCN1. The highest BCUT2D eigenvalue weighted by Crippen LogP contribution is 2.11. The van der Waals surface area contributed by atoms with Crippen LogP contribution in [-0.4, -0.2) is 36.4 Å². The summed E-state index contributed by atoms with van der Waals surface area (Å²) in [4.78, 5) is 0. The van der Waals surface area contributed by atoms with Crippen molar-refractivity contribution in [3.63, 3.8) is 0 Å². The van der Waals surface area contributed by atoms with Gasteiger partial charge in [0.05, 0.1) is 6.61 Å². The highest BCUT2D eigenvalue weighted by atomic mass is 16.3. The summed E-state index contributed by atoms with van der Waals surface area (Å²) in [6.07, 6.45) is 5.16. The molecule has 1 fully saturated rings. The minimum Gasteiger partial charge on any atom is -0.395 e. The van der Waals surface area contributed by atoms with Crippen LogP contribution in [0.3, 0.4) is 0 Å². The van der Waals surface area contributed by atoms with E-state index < -0.39 is 0 Å². The van der Waals surface area contributed by atoms with E-state index in [0.29, 0.717) is 12.1 Å². The molecule has 3 N–H and O–H groups in total. The van der Waals surface area contributed by atoms with Crippen molar-refractivity contribution in [2.24, 2.45) is 0 Å². The van der Waals surface area contributed by atoms with E-state index in [4.69, 9.17) is 5.11 Å². The molecule has 0 bridgehead atoms. The molecule has 14 heavy (non-hydrogen) atoms. The normalized spacial score (nSPS) is 27.2. The van der Waals surface area contributed by atoms with Gasteiger partial charge in [-0.3, -0.25) is 0 Å². The van der Waals surface area contributed by atoms with E-state index in [1.54, 1.807) is 0 Å². The Kier molecular flexibility index (Phi) is 5.45. The van der Waals surface area contributed by atoms with Crippen molar-refractivity contribution in [2.75, 3.05) is 13.2 Å². The molecule has 0 aromatic rings. The van der Waals surface area contributed by atoms with Crippen molar-refractivity contribution in [1.29, 1.82) is 0 Å². The van der Waals surface area contributed by atoms with Gasteiger partial charge in [-0.15, -0.1) is 0 Å². The second-order valence-electron chi connectivity index (χ2n) is 4.53. The van der Waals surface area contributed by atoms with Crippen LogP contribution in [-0.2, 0) is 0 Å². The quantitative estimate of drug-likeness (QED) is 0.617. The molecular weight excluding hydrogens is 176 g/mol. The topological polar surface area (TPSA) is 44.3 Å². The average molecular weight is 200 g/mol. The van der Waals surface area contributed by atoms with Gasteiger partial charge in [0.15, 0.2) is 0 Å². The van der Waals surface area contributed by atoms with Crippen molar-refractivity contribution < 1.29 is 5.11 Å². The maximum Gasteiger partial charge on any atom is 0.0582 e. The Balaban J connectivity index is 2.14. The van der Waals surface area contributed by atoms with Gasteiger partial charge in [0.25, 0.3) is 0 Å². The lowest BCUT2D eigenvalue weighted by Crippen LogP contribution is -2.43. The summed E-state index contributed by atoms with van der Waals surface area (Å²) in [5, 5.41) is 15.8. The van der Waals surface area contributed by atoms with Crippen molar-refractivity contribution in [3.8, 4) is 0 Å². The van der Waals surface area contributed by atoms with Crippen LogP contribution in [0.15, 0.2) is 0 Å². The Labute approximate surface area is 87.3 Å². The molecule has 1 rings (SSSR count). The largest absolute Gasteiger partial charge is 0.395 e. The Morgan fingerprint density at radius 1 is 1.36 bits per heavy atom. The van der Waals surface area contributed by atoms with Crippen molar-refractivity contribution in [2.45, 2.75) is 57.7 Å². The van der Waals surface area contributed by atoms with Gasteiger partial charge in [-0.05, 0) is 39.7 Å². The molecule has 1 heterocycles. The van der Waals surface area contributed by atoms with Gasteiger partial charge in [0.2, 0.25) is 0 Å². The number of nitrogens with one attached hydrogen (secondary N) is 2. The molecule has 1 aliphatic rings. The van der Waals surface area contributed by atoms with Crippen molar-refractivity contribution in [1.82, 2.24) is 10.6 Å². The molecule has 0 aliphatic carbocycles. The minimum atomic E-state index is 0.216. The zero-order chi connectivity index (χ0) is 10.4. The highest BCUT2D eigenvalue weighted by molar-refractivity contribution is 4.78. The maximum atomic E-state index is 8.91. The predicted molar refractivity (Wildman–Crippen MR) is 59.4 cm³/mol. The first-order chi connectivity index (χ1) is 6.72. The zero-order valence-corrected chi connectivity index (χ0v) is 9.42. The van der Waals surface area contributed by atoms with Gasteiger partial charge < -0.3 is 15.7 Å². The summed E-state index contributed by atoms with van der Waals surface area (Å²) in [5.74, 6) is 0. The molecule has 0 spiro atoms. The summed E-state index contributed by atoms with van der Waals surface area (Å²) < 4.78 is 0. The summed E-state index contributed by atoms with van der Waals surface area (Å²) in [6.45, 7) is 5.61. The molecule has 1 saturated heterocycles. The minimum absolute atomic E-state index is 0.216. The second kappa shape index (κ2) is 6.38. The molecule has 3 unspecified atom stereocenters. The second-order valence-corrected chi connectivity index (χ2v) is 4.53. The Morgan fingerprint density at radius 2 is 2.14 bits per heavy atom. The third-order valence-corrected chi connectivity index (χ3v) is 2.89. The van der Waals surface area contributed by atoms with Gasteiger partial charge in [-0.1, -0.05) is 6.42 Å². The third-order valence-electron chi connectivity index (χ3n) is 2.89. The first-order valence-corrected chi connectivity index (χ1v) is 5.82. The van der Waals surface area contributed by atoms with E-state index in [2.05, 4.69) is 17.6 Å². The monoisotopic (exact) mass is 200 g/mol. The van der Waals surface area contributed by atoms with Crippen molar-refractivity contribution >= 4 is 0 Å². The van der Waals surface area contributed by atoms with Crippen LogP contribution in [0, 0.1) is 0 Å². The Bertz CT molecular complexity index is 146. The Hall–Kier alpha value is -0.120. The van der Waals surface area contributed by atoms with Crippen LogP contribution in [0.2, 0.25) is 0 Å². The number of rotatable bonds is 5. The molecule has 0 saturated carbocycles. The van der Waals surface area contributed by atoms with E-state index in [1.165, 1.54) is 32.2 Å². The fraction of sp³-hybridized carbons (Fsp3) is 1.00. The molecule has 0 aromatic heterocycles. The first kappa shape index (κ1) is 12.0. The lowest BCUT2D eigenvalue weighted by atomic mass is 9.98. The number of hydrogen-bond donors (Lipinski definition) is 3. The number of aliphatic hydroxyl groups excluding tert-OH is 1. The molecular formula is C11H24N2O. The van der Waals surface area contributed by atoms with E-state index in [9.17, 15) is 0 Å². The molecule has 0 radical (unpaired) electrons. The van der Waals surface area contributed by atoms with E-state index in [-0.39, 0.29) is 12.6 Å². The third kappa shape index (κ3) is 4.40. The fourth-order valence-electron chi connectivity index (χ4n) is 2.16. The smallest absolute Gasteiger partial charge is 0.0582 e. The summed E-state index contributed by atoms with van der Waals surface area (Å²) >= 11 is 0. The van der Waals surface area contributed by atoms with Crippen molar-refractivity contribution in [3.05, 3.63) is 0 Å². The molecule has 3 heteroatoms. The van der Waals surface area contributed by atoms with Gasteiger partial charge in [0.1, 0.15) is 0 Å². The molecule has 0 amide bonds. The Morgan fingerprint density at radius 3 is 2.71 bits per heavy atom.